The molecule has 0 fully saturated rings. The van der Waals surface area contributed by atoms with E-state index >= 15 is 0 Å². The highest BCUT2D eigenvalue weighted by molar-refractivity contribution is 7.92. The molecule has 1 aromatic carbocycles. The molecule has 1 atom stereocenters. The van der Waals surface area contributed by atoms with Gasteiger partial charge in [0.1, 0.15) is 4.83 Å². The van der Waals surface area contributed by atoms with Crippen LogP contribution in [-0.2, 0) is 23.0 Å². The van der Waals surface area contributed by atoms with Crippen LogP contribution >= 0.6 is 11.3 Å². The Hall–Kier alpha value is -2.52. The van der Waals surface area contributed by atoms with Crippen LogP contribution in [0.25, 0.3) is 10.2 Å². The predicted molar refractivity (Wildman–Crippen MR) is 105 cm³/mol. The second-order valence-electron chi connectivity index (χ2n) is 6.70. The summed E-state index contributed by atoms with van der Waals surface area (Å²) in [4.78, 5) is 30.0. The lowest BCUT2D eigenvalue weighted by Gasteiger charge is -2.21. The van der Waals surface area contributed by atoms with E-state index in [0.29, 0.717) is 27.9 Å². The number of Topliss-reactive ketones (excluding diaryl/α,β-unsaturated/α-hetero) is 1. The molecule has 0 saturated heterocycles. The lowest BCUT2D eigenvalue weighted by atomic mass is 10.0. The van der Waals surface area contributed by atoms with Gasteiger partial charge < -0.3 is 0 Å². The van der Waals surface area contributed by atoms with Crippen molar-refractivity contribution in [2.75, 3.05) is 10.6 Å². The molecule has 1 aliphatic heterocycles. The fraction of sp³-hybridized carbons (Fsp3) is 0.278. The van der Waals surface area contributed by atoms with Gasteiger partial charge in [0, 0.05) is 11.6 Å². The lowest BCUT2D eigenvalue weighted by molar-refractivity contribution is 0.0970. The first-order chi connectivity index (χ1) is 12.8. The molecule has 4 rings (SSSR count). The molecule has 9 heteroatoms. The number of aromatic nitrogens is 2. The Balaban J connectivity index is 1.65. The zero-order chi connectivity index (χ0) is 19.3. The van der Waals surface area contributed by atoms with Gasteiger partial charge in [0.2, 0.25) is 10.0 Å². The van der Waals surface area contributed by atoms with E-state index in [9.17, 15) is 18.0 Å². The SMILES string of the molecule is C[C@H]1Cc2cc(C(=O)Cn3cnc4sccc4c3=O)ccc2N1S(C)(=O)=O. The molecule has 7 nitrogen and oxygen atoms in total. The maximum atomic E-state index is 12.7. The Labute approximate surface area is 159 Å². The number of hydrogen-bond donors (Lipinski definition) is 0. The van der Waals surface area contributed by atoms with E-state index in [-0.39, 0.29) is 23.9 Å². The molecule has 0 aliphatic carbocycles. The van der Waals surface area contributed by atoms with Gasteiger partial charge in [0.25, 0.3) is 5.56 Å². The number of sulfonamides is 1. The quantitative estimate of drug-likeness (QED) is 0.622. The zero-order valence-electron chi connectivity index (χ0n) is 14.7. The van der Waals surface area contributed by atoms with Gasteiger partial charge in [-0.1, -0.05) is 0 Å². The average molecular weight is 403 g/mol. The van der Waals surface area contributed by atoms with Crippen molar-refractivity contribution in [3.8, 4) is 0 Å². The summed E-state index contributed by atoms with van der Waals surface area (Å²) in [5.41, 5.74) is 1.64. The number of hydrogen-bond acceptors (Lipinski definition) is 6. The third-order valence-corrected chi connectivity index (χ3v) is 6.77. The van der Waals surface area contributed by atoms with Crippen LogP contribution in [0.1, 0.15) is 22.8 Å². The molecule has 3 heterocycles. The first kappa shape index (κ1) is 17.9. The molecule has 0 saturated carbocycles. The highest BCUT2D eigenvalue weighted by Crippen LogP contribution is 2.34. The van der Waals surface area contributed by atoms with Gasteiger partial charge in [-0.15, -0.1) is 11.3 Å². The molecular weight excluding hydrogens is 386 g/mol. The van der Waals surface area contributed by atoms with Crippen LogP contribution in [0.5, 0.6) is 0 Å². The number of nitrogens with zero attached hydrogens (tertiary/aromatic N) is 3. The minimum Gasteiger partial charge on any atom is -0.292 e. The molecule has 27 heavy (non-hydrogen) atoms. The highest BCUT2D eigenvalue weighted by Gasteiger charge is 2.32. The Morgan fingerprint density at radius 1 is 1.33 bits per heavy atom. The largest absolute Gasteiger partial charge is 0.292 e. The molecular formula is C18H17N3O4S2. The Bertz CT molecular complexity index is 1230. The van der Waals surface area contributed by atoms with Crippen molar-refractivity contribution in [3.63, 3.8) is 0 Å². The third kappa shape index (κ3) is 3.06. The van der Waals surface area contributed by atoms with Gasteiger partial charge in [-0.2, -0.15) is 0 Å². The summed E-state index contributed by atoms with van der Waals surface area (Å²) in [5, 5.41) is 2.29. The number of fused-ring (bicyclic) bond motifs is 2. The van der Waals surface area contributed by atoms with Crippen molar-refractivity contribution in [1.82, 2.24) is 9.55 Å². The summed E-state index contributed by atoms with van der Waals surface area (Å²) in [6.45, 7) is 1.73. The smallest absolute Gasteiger partial charge is 0.262 e. The van der Waals surface area contributed by atoms with Crippen LogP contribution in [0.15, 0.2) is 40.8 Å². The van der Waals surface area contributed by atoms with E-state index in [2.05, 4.69) is 4.98 Å². The Morgan fingerprint density at radius 2 is 2.11 bits per heavy atom. The molecule has 2 aromatic heterocycles. The van der Waals surface area contributed by atoms with E-state index in [1.807, 2.05) is 6.92 Å². The van der Waals surface area contributed by atoms with E-state index in [4.69, 9.17) is 0 Å². The average Bonchev–Trinajstić information content (AvgIpc) is 3.19. The van der Waals surface area contributed by atoms with Gasteiger partial charge in [-0.05, 0) is 48.6 Å². The van der Waals surface area contributed by atoms with Gasteiger partial charge >= 0.3 is 0 Å². The normalized spacial score (nSPS) is 16.7. The molecule has 1 aliphatic rings. The number of thiophene rings is 1. The summed E-state index contributed by atoms with van der Waals surface area (Å²) in [5.74, 6) is -0.221. The number of anilines is 1. The van der Waals surface area contributed by atoms with E-state index in [0.717, 1.165) is 5.56 Å². The van der Waals surface area contributed by atoms with Crippen molar-refractivity contribution < 1.29 is 13.2 Å². The van der Waals surface area contributed by atoms with Gasteiger partial charge in [-0.3, -0.25) is 18.5 Å². The van der Waals surface area contributed by atoms with Crippen LogP contribution < -0.4 is 9.86 Å². The second-order valence-corrected chi connectivity index (χ2v) is 9.45. The second kappa shape index (κ2) is 6.28. The van der Waals surface area contributed by atoms with Crippen molar-refractivity contribution >= 4 is 43.0 Å². The Kier molecular flexibility index (Phi) is 4.15. The number of ketones is 1. The monoisotopic (exact) mass is 403 g/mol. The van der Waals surface area contributed by atoms with Gasteiger partial charge in [-0.25, -0.2) is 13.4 Å². The first-order valence-electron chi connectivity index (χ1n) is 8.34. The van der Waals surface area contributed by atoms with Crippen molar-refractivity contribution in [1.29, 1.82) is 0 Å². The molecule has 140 valence electrons. The number of rotatable bonds is 4. The van der Waals surface area contributed by atoms with Crippen molar-refractivity contribution in [3.05, 3.63) is 57.5 Å². The van der Waals surface area contributed by atoms with Crippen LogP contribution in [0.2, 0.25) is 0 Å². The number of carbonyl (C=O) groups is 1. The fourth-order valence-corrected chi connectivity index (χ4v) is 5.52. The minimum absolute atomic E-state index is 0.109. The first-order valence-corrected chi connectivity index (χ1v) is 11.1. The topological polar surface area (TPSA) is 89.3 Å². The molecule has 0 unspecified atom stereocenters. The fourth-order valence-electron chi connectivity index (χ4n) is 3.53. The Morgan fingerprint density at radius 3 is 2.85 bits per heavy atom. The van der Waals surface area contributed by atoms with E-state index in [1.165, 1.54) is 32.8 Å². The third-order valence-electron chi connectivity index (χ3n) is 4.68. The van der Waals surface area contributed by atoms with E-state index < -0.39 is 10.0 Å². The molecule has 0 radical (unpaired) electrons. The summed E-state index contributed by atoms with van der Waals surface area (Å²) < 4.78 is 26.7. The summed E-state index contributed by atoms with van der Waals surface area (Å²) >= 11 is 1.38. The van der Waals surface area contributed by atoms with Crippen molar-refractivity contribution in [2.24, 2.45) is 0 Å². The number of benzene rings is 1. The van der Waals surface area contributed by atoms with Crippen LogP contribution in [-0.4, -0.2) is 36.0 Å². The maximum absolute atomic E-state index is 12.7. The number of carbonyl (C=O) groups excluding carboxylic acids is 1. The molecule has 0 spiro atoms. The molecule has 0 N–H and O–H groups in total. The summed E-state index contributed by atoms with van der Waals surface area (Å²) in [6, 6.07) is 6.51. The lowest BCUT2D eigenvalue weighted by Crippen LogP contribution is -2.34. The molecule has 0 bridgehead atoms. The molecule has 0 amide bonds. The van der Waals surface area contributed by atoms with Crippen LogP contribution in [0.3, 0.4) is 0 Å². The highest BCUT2D eigenvalue weighted by atomic mass is 32.2. The minimum atomic E-state index is -3.37. The van der Waals surface area contributed by atoms with Crippen LogP contribution in [0.4, 0.5) is 5.69 Å². The zero-order valence-corrected chi connectivity index (χ0v) is 16.4. The van der Waals surface area contributed by atoms with Gasteiger partial charge in [0.05, 0.1) is 30.2 Å². The van der Waals surface area contributed by atoms with Crippen LogP contribution in [0, 0.1) is 0 Å². The van der Waals surface area contributed by atoms with E-state index in [1.54, 1.807) is 29.6 Å². The summed E-state index contributed by atoms with van der Waals surface area (Å²) in [6.07, 6.45) is 3.11. The maximum Gasteiger partial charge on any atom is 0.262 e. The molecule has 3 aromatic rings. The van der Waals surface area contributed by atoms with Crippen molar-refractivity contribution in [2.45, 2.75) is 25.9 Å². The summed E-state index contributed by atoms with van der Waals surface area (Å²) in [7, 11) is -3.37. The standard InChI is InChI=1S/C18H17N3O4S2/c1-11-7-13-8-12(3-4-15(13)21(11)27(2,24)25)16(22)9-20-10-19-17-14(18(20)23)5-6-26-17/h3-6,8,10-11H,7,9H2,1-2H3/t11-/m0/s1. The predicted octanol–water partition coefficient (Wildman–Crippen LogP) is 2.05. The van der Waals surface area contributed by atoms with Gasteiger partial charge in [0.15, 0.2) is 5.78 Å².